The molecule has 3 rings (SSSR count). The predicted octanol–water partition coefficient (Wildman–Crippen LogP) is 2.91. The van der Waals surface area contributed by atoms with Gasteiger partial charge in [-0.15, -0.1) is 0 Å². The van der Waals surface area contributed by atoms with Gasteiger partial charge < -0.3 is 10.1 Å². The quantitative estimate of drug-likeness (QED) is 0.880. The van der Waals surface area contributed by atoms with Crippen LogP contribution in [0.15, 0.2) is 42.5 Å². The van der Waals surface area contributed by atoms with Gasteiger partial charge in [0, 0.05) is 23.7 Å². The maximum Gasteiger partial charge on any atom is 0.221 e. The molecule has 4 nitrogen and oxygen atoms in total. The van der Waals surface area contributed by atoms with Crippen LogP contribution in [-0.4, -0.2) is 11.7 Å². The number of ketones is 1. The van der Waals surface area contributed by atoms with Crippen LogP contribution in [-0.2, 0) is 22.7 Å². The fourth-order valence-electron chi connectivity index (χ4n) is 2.39. The summed E-state index contributed by atoms with van der Waals surface area (Å²) in [6, 6.07) is 12.6. The molecule has 2 aromatic carbocycles. The first-order valence-corrected chi connectivity index (χ1v) is 6.75. The smallest absolute Gasteiger partial charge is 0.221 e. The minimum Gasteiger partial charge on any atom is -0.372 e. The van der Waals surface area contributed by atoms with Crippen LogP contribution in [0.1, 0.15) is 34.0 Å². The highest BCUT2D eigenvalue weighted by Gasteiger charge is 2.15. The van der Waals surface area contributed by atoms with E-state index in [2.05, 4.69) is 5.32 Å². The number of anilines is 1. The maximum atomic E-state index is 12.5. The van der Waals surface area contributed by atoms with Gasteiger partial charge in [-0.1, -0.05) is 12.1 Å². The van der Waals surface area contributed by atoms with Crippen LogP contribution in [0, 0.1) is 0 Å². The van der Waals surface area contributed by atoms with Crippen molar-refractivity contribution < 1.29 is 14.3 Å². The van der Waals surface area contributed by atoms with Gasteiger partial charge in [-0.3, -0.25) is 9.59 Å². The average molecular weight is 281 g/mol. The zero-order valence-electron chi connectivity index (χ0n) is 11.7. The second kappa shape index (κ2) is 5.50. The first kappa shape index (κ1) is 13.5. The molecule has 0 atom stereocenters. The fraction of sp³-hybridized carbons (Fsp3) is 0.176. The van der Waals surface area contributed by atoms with Gasteiger partial charge in [0.05, 0.1) is 13.2 Å². The Labute approximate surface area is 122 Å². The summed E-state index contributed by atoms with van der Waals surface area (Å²) in [5, 5.41) is 2.68. The highest BCUT2D eigenvalue weighted by molar-refractivity contribution is 6.09. The van der Waals surface area contributed by atoms with E-state index in [-0.39, 0.29) is 11.7 Å². The topological polar surface area (TPSA) is 55.4 Å². The van der Waals surface area contributed by atoms with Crippen molar-refractivity contribution >= 4 is 17.4 Å². The highest BCUT2D eigenvalue weighted by Crippen LogP contribution is 2.22. The molecule has 0 spiro atoms. The molecule has 1 heterocycles. The summed E-state index contributed by atoms with van der Waals surface area (Å²) < 4.78 is 5.36. The Morgan fingerprint density at radius 3 is 2.33 bits per heavy atom. The average Bonchev–Trinajstić information content (AvgIpc) is 2.94. The normalized spacial score (nSPS) is 12.8. The van der Waals surface area contributed by atoms with Gasteiger partial charge in [0.1, 0.15) is 0 Å². The number of benzene rings is 2. The summed E-state index contributed by atoms with van der Waals surface area (Å²) in [5.41, 5.74) is 4.17. The van der Waals surface area contributed by atoms with Crippen LogP contribution in [0.4, 0.5) is 5.69 Å². The lowest BCUT2D eigenvalue weighted by atomic mass is 9.99. The van der Waals surface area contributed by atoms with E-state index in [1.807, 2.05) is 18.2 Å². The molecule has 2 aromatic rings. The number of hydrogen-bond donors (Lipinski definition) is 1. The van der Waals surface area contributed by atoms with Gasteiger partial charge in [0.25, 0.3) is 0 Å². The molecule has 0 saturated carbocycles. The van der Waals surface area contributed by atoms with Crippen LogP contribution in [0.5, 0.6) is 0 Å². The van der Waals surface area contributed by atoms with E-state index in [0.29, 0.717) is 30.0 Å². The first-order valence-electron chi connectivity index (χ1n) is 6.75. The number of ether oxygens (including phenoxy) is 1. The van der Waals surface area contributed by atoms with Gasteiger partial charge in [-0.25, -0.2) is 0 Å². The fourth-order valence-corrected chi connectivity index (χ4v) is 2.39. The van der Waals surface area contributed by atoms with Crippen LogP contribution in [0.3, 0.4) is 0 Å². The van der Waals surface area contributed by atoms with Crippen LogP contribution < -0.4 is 5.32 Å². The number of carbonyl (C=O) groups excluding carboxylic acids is 2. The van der Waals surface area contributed by atoms with E-state index < -0.39 is 0 Å². The van der Waals surface area contributed by atoms with Gasteiger partial charge in [0.15, 0.2) is 5.78 Å². The Balaban J connectivity index is 1.83. The van der Waals surface area contributed by atoms with Gasteiger partial charge in [-0.05, 0) is 41.5 Å². The van der Waals surface area contributed by atoms with Crippen molar-refractivity contribution in [1.29, 1.82) is 0 Å². The molecular weight excluding hydrogens is 266 g/mol. The lowest BCUT2D eigenvalue weighted by molar-refractivity contribution is -0.114. The van der Waals surface area contributed by atoms with Crippen molar-refractivity contribution in [3.05, 3.63) is 64.7 Å². The lowest BCUT2D eigenvalue weighted by Crippen LogP contribution is -2.06. The summed E-state index contributed by atoms with van der Waals surface area (Å²) in [6.07, 6.45) is 0. The van der Waals surface area contributed by atoms with E-state index in [1.54, 1.807) is 24.3 Å². The minimum absolute atomic E-state index is 0.0286. The van der Waals surface area contributed by atoms with Crippen molar-refractivity contribution in [2.24, 2.45) is 0 Å². The maximum absolute atomic E-state index is 12.5. The predicted molar refractivity (Wildman–Crippen MR) is 79.1 cm³/mol. The van der Waals surface area contributed by atoms with Gasteiger partial charge >= 0.3 is 0 Å². The molecule has 1 amide bonds. The van der Waals surface area contributed by atoms with Crippen molar-refractivity contribution in [3.63, 3.8) is 0 Å². The number of nitrogens with one attached hydrogen (secondary N) is 1. The zero-order valence-corrected chi connectivity index (χ0v) is 11.7. The molecule has 0 saturated heterocycles. The molecule has 106 valence electrons. The third-order valence-corrected chi connectivity index (χ3v) is 3.45. The Morgan fingerprint density at radius 2 is 1.62 bits per heavy atom. The third-order valence-electron chi connectivity index (χ3n) is 3.45. The van der Waals surface area contributed by atoms with E-state index in [1.165, 1.54) is 6.92 Å². The molecular formula is C17H15NO3. The Hall–Kier alpha value is -2.46. The summed E-state index contributed by atoms with van der Waals surface area (Å²) in [5.74, 6) is -0.160. The molecule has 4 heteroatoms. The SMILES string of the molecule is CC(=O)Nc1ccc(C(=O)c2ccc3c(c2)COC3)cc1. The summed E-state index contributed by atoms with van der Waals surface area (Å²) >= 11 is 0. The van der Waals surface area contributed by atoms with E-state index in [9.17, 15) is 9.59 Å². The number of hydrogen-bond acceptors (Lipinski definition) is 3. The van der Waals surface area contributed by atoms with Crippen molar-refractivity contribution in [3.8, 4) is 0 Å². The number of amides is 1. The van der Waals surface area contributed by atoms with Crippen LogP contribution in [0.25, 0.3) is 0 Å². The molecule has 0 unspecified atom stereocenters. The molecule has 0 bridgehead atoms. The van der Waals surface area contributed by atoms with Crippen molar-refractivity contribution in [1.82, 2.24) is 0 Å². The van der Waals surface area contributed by atoms with Gasteiger partial charge in [0.2, 0.25) is 5.91 Å². The number of fused-ring (bicyclic) bond motifs is 1. The van der Waals surface area contributed by atoms with Crippen molar-refractivity contribution in [2.75, 3.05) is 5.32 Å². The molecule has 1 aliphatic heterocycles. The highest BCUT2D eigenvalue weighted by atomic mass is 16.5. The first-order chi connectivity index (χ1) is 10.1. The minimum atomic E-state index is -0.132. The summed E-state index contributed by atoms with van der Waals surface area (Å²) in [7, 11) is 0. The van der Waals surface area contributed by atoms with E-state index in [0.717, 1.165) is 11.1 Å². The molecule has 1 aliphatic rings. The Kier molecular flexibility index (Phi) is 3.54. The molecule has 0 aliphatic carbocycles. The summed E-state index contributed by atoms with van der Waals surface area (Å²) in [6.45, 7) is 2.64. The second-order valence-electron chi connectivity index (χ2n) is 5.06. The molecule has 21 heavy (non-hydrogen) atoms. The van der Waals surface area contributed by atoms with E-state index >= 15 is 0 Å². The third kappa shape index (κ3) is 2.85. The summed E-state index contributed by atoms with van der Waals surface area (Å²) in [4.78, 5) is 23.4. The number of rotatable bonds is 3. The number of carbonyl (C=O) groups is 2. The van der Waals surface area contributed by atoms with Gasteiger partial charge in [-0.2, -0.15) is 0 Å². The zero-order chi connectivity index (χ0) is 14.8. The van der Waals surface area contributed by atoms with Crippen LogP contribution >= 0.6 is 0 Å². The molecule has 0 radical (unpaired) electrons. The lowest BCUT2D eigenvalue weighted by Gasteiger charge is -2.06. The molecule has 0 aromatic heterocycles. The van der Waals surface area contributed by atoms with E-state index in [4.69, 9.17) is 4.74 Å². The largest absolute Gasteiger partial charge is 0.372 e. The second-order valence-corrected chi connectivity index (χ2v) is 5.06. The molecule has 0 fully saturated rings. The molecule has 1 N–H and O–H groups in total. The Morgan fingerprint density at radius 1 is 0.952 bits per heavy atom. The Bertz CT molecular complexity index is 704. The van der Waals surface area contributed by atoms with Crippen molar-refractivity contribution in [2.45, 2.75) is 20.1 Å². The standard InChI is InChI=1S/C17H15NO3/c1-11(19)18-16-6-4-12(5-7-16)17(20)13-2-3-14-9-21-10-15(14)8-13/h2-8H,9-10H2,1H3,(H,18,19). The monoisotopic (exact) mass is 281 g/mol. The van der Waals surface area contributed by atoms with Crippen LogP contribution in [0.2, 0.25) is 0 Å².